The van der Waals surface area contributed by atoms with E-state index in [4.69, 9.17) is 9.47 Å². The largest absolute Gasteiger partial charge is 0.493 e. The summed E-state index contributed by atoms with van der Waals surface area (Å²) in [5.74, 6) is 0.252. The lowest BCUT2D eigenvalue weighted by Crippen LogP contribution is -2.40. The third kappa shape index (κ3) is 4.50. The van der Waals surface area contributed by atoms with Crippen LogP contribution >= 0.6 is 0 Å². The molecule has 0 aromatic heterocycles. The van der Waals surface area contributed by atoms with Gasteiger partial charge in [-0.1, -0.05) is 0 Å². The zero-order chi connectivity index (χ0) is 14.4. The molecule has 0 radical (unpaired) electrons. The summed E-state index contributed by atoms with van der Waals surface area (Å²) in [6.07, 6.45) is 0.00737. The Bertz CT molecular complexity index is 472. The Morgan fingerprint density at radius 2 is 1.84 bits per heavy atom. The van der Waals surface area contributed by atoms with Gasteiger partial charge in [0, 0.05) is 12.5 Å². The van der Waals surface area contributed by atoms with E-state index in [0.29, 0.717) is 17.1 Å². The van der Waals surface area contributed by atoms with Gasteiger partial charge in [0.15, 0.2) is 11.5 Å². The van der Waals surface area contributed by atoms with E-state index < -0.39 is 5.91 Å². The van der Waals surface area contributed by atoms with Gasteiger partial charge in [-0.25, -0.2) is 0 Å². The van der Waals surface area contributed by atoms with Crippen molar-refractivity contribution in [2.75, 3.05) is 7.11 Å². The van der Waals surface area contributed by atoms with E-state index in [1.165, 1.54) is 14.0 Å². The number of benzene rings is 1. The van der Waals surface area contributed by atoms with Crippen LogP contribution in [0.3, 0.4) is 0 Å². The second kappa shape index (κ2) is 6.63. The van der Waals surface area contributed by atoms with Crippen LogP contribution in [0.4, 0.5) is 0 Å². The number of ether oxygens (including phenoxy) is 2. The monoisotopic (exact) mass is 266 g/mol. The number of nitrogens with one attached hydrogen (secondary N) is 2. The van der Waals surface area contributed by atoms with Crippen molar-refractivity contribution in [2.45, 2.75) is 26.9 Å². The normalized spacial score (nSPS) is 9.95. The second-order valence-corrected chi connectivity index (χ2v) is 4.17. The minimum Gasteiger partial charge on any atom is -0.493 e. The van der Waals surface area contributed by atoms with Crippen LogP contribution in [-0.4, -0.2) is 25.0 Å². The van der Waals surface area contributed by atoms with Crippen LogP contribution < -0.4 is 20.3 Å². The van der Waals surface area contributed by atoms with E-state index in [1.807, 2.05) is 13.8 Å². The van der Waals surface area contributed by atoms with Crippen LogP contribution in [0, 0.1) is 0 Å². The molecule has 6 heteroatoms. The van der Waals surface area contributed by atoms with Gasteiger partial charge in [-0.05, 0) is 32.0 Å². The van der Waals surface area contributed by atoms with Crippen molar-refractivity contribution in [1.82, 2.24) is 10.9 Å². The molecule has 104 valence electrons. The maximum atomic E-state index is 11.7. The Kier molecular flexibility index (Phi) is 5.17. The number of methoxy groups -OCH3 is 1. The third-order valence-electron chi connectivity index (χ3n) is 2.14. The molecule has 1 aromatic rings. The maximum absolute atomic E-state index is 11.7. The highest BCUT2D eigenvalue weighted by Gasteiger charge is 2.12. The lowest BCUT2D eigenvalue weighted by atomic mass is 10.2. The number of amides is 2. The fourth-order valence-corrected chi connectivity index (χ4v) is 1.38. The molecule has 0 unspecified atom stereocenters. The van der Waals surface area contributed by atoms with Gasteiger partial charge in [0.1, 0.15) is 0 Å². The summed E-state index contributed by atoms with van der Waals surface area (Å²) >= 11 is 0. The highest BCUT2D eigenvalue weighted by Crippen LogP contribution is 2.28. The van der Waals surface area contributed by atoms with Gasteiger partial charge >= 0.3 is 0 Å². The van der Waals surface area contributed by atoms with Crippen LogP contribution in [0.15, 0.2) is 18.2 Å². The molecule has 0 atom stereocenters. The van der Waals surface area contributed by atoms with Crippen molar-refractivity contribution in [3.8, 4) is 11.5 Å². The average Bonchev–Trinajstić information content (AvgIpc) is 2.35. The van der Waals surface area contributed by atoms with Crippen molar-refractivity contribution >= 4 is 11.8 Å². The Morgan fingerprint density at radius 1 is 1.16 bits per heavy atom. The third-order valence-corrected chi connectivity index (χ3v) is 2.14. The molecule has 0 saturated heterocycles. The first-order valence-corrected chi connectivity index (χ1v) is 5.85. The smallest absolute Gasteiger partial charge is 0.269 e. The molecule has 0 aliphatic carbocycles. The topological polar surface area (TPSA) is 76.7 Å². The first-order chi connectivity index (χ1) is 8.93. The molecule has 1 aromatic carbocycles. The summed E-state index contributed by atoms with van der Waals surface area (Å²) in [6.45, 7) is 5.11. The molecule has 19 heavy (non-hydrogen) atoms. The van der Waals surface area contributed by atoms with E-state index in [-0.39, 0.29) is 12.0 Å². The fourth-order valence-electron chi connectivity index (χ4n) is 1.38. The summed E-state index contributed by atoms with van der Waals surface area (Å²) in [5.41, 5.74) is 4.86. The SMILES string of the molecule is COc1cc(C(=O)NNC(C)=O)ccc1OC(C)C. The number of hydrogen-bond acceptors (Lipinski definition) is 4. The first-order valence-electron chi connectivity index (χ1n) is 5.85. The molecule has 2 amide bonds. The molecular weight excluding hydrogens is 248 g/mol. The van der Waals surface area contributed by atoms with Crippen LogP contribution in [0.5, 0.6) is 11.5 Å². The molecule has 2 N–H and O–H groups in total. The van der Waals surface area contributed by atoms with E-state index in [2.05, 4.69) is 10.9 Å². The quantitative estimate of drug-likeness (QED) is 0.804. The van der Waals surface area contributed by atoms with Crippen molar-refractivity contribution < 1.29 is 19.1 Å². The van der Waals surface area contributed by atoms with Crippen LogP contribution in [0.2, 0.25) is 0 Å². The van der Waals surface area contributed by atoms with Gasteiger partial charge in [0.05, 0.1) is 13.2 Å². The minimum absolute atomic E-state index is 0.00737. The van der Waals surface area contributed by atoms with Crippen molar-refractivity contribution in [3.05, 3.63) is 23.8 Å². The van der Waals surface area contributed by atoms with Crippen LogP contribution in [0.1, 0.15) is 31.1 Å². The minimum atomic E-state index is -0.426. The molecular formula is C13H18N2O4. The number of carbonyl (C=O) groups excluding carboxylic acids is 2. The molecule has 0 saturated carbocycles. The number of hydrazine groups is 1. The predicted molar refractivity (Wildman–Crippen MR) is 70.0 cm³/mol. The lowest BCUT2D eigenvalue weighted by Gasteiger charge is -2.14. The first kappa shape index (κ1) is 14.8. The molecule has 0 bridgehead atoms. The van der Waals surface area contributed by atoms with Gasteiger partial charge in [-0.15, -0.1) is 0 Å². The Balaban J connectivity index is 2.86. The van der Waals surface area contributed by atoms with Gasteiger partial charge in [-0.2, -0.15) is 0 Å². The zero-order valence-electron chi connectivity index (χ0n) is 11.4. The van der Waals surface area contributed by atoms with Gasteiger partial charge in [-0.3, -0.25) is 20.4 Å². The summed E-state index contributed by atoms with van der Waals surface area (Å²) in [6, 6.07) is 4.80. The van der Waals surface area contributed by atoms with E-state index in [9.17, 15) is 9.59 Å². The van der Waals surface area contributed by atoms with E-state index >= 15 is 0 Å². The fraction of sp³-hybridized carbons (Fsp3) is 0.385. The maximum Gasteiger partial charge on any atom is 0.269 e. The van der Waals surface area contributed by atoms with Crippen molar-refractivity contribution in [1.29, 1.82) is 0 Å². The molecule has 0 aliphatic heterocycles. The summed E-state index contributed by atoms with van der Waals surface area (Å²) in [4.78, 5) is 22.4. The van der Waals surface area contributed by atoms with Gasteiger partial charge in [0.2, 0.25) is 5.91 Å². The Morgan fingerprint density at radius 3 is 2.37 bits per heavy atom. The molecule has 0 spiro atoms. The number of hydrogen-bond donors (Lipinski definition) is 2. The predicted octanol–water partition coefficient (Wildman–Crippen LogP) is 1.26. The van der Waals surface area contributed by atoms with Crippen molar-refractivity contribution in [2.24, 2.45) is 0 Å². The van der Waals surface area contributed by atoms with E-state index in [0.717, 1.165) is 0 Å². The zero-order valence-corrected chi connectivity index (χ0v) is 11.4. The lowest BCUT2D eigenvalue weighted by molar-refractivity contribution is -0.119. The highest BCUT2D eigenvalue weighted by atomic mass is 16.5. The molecule has 6 nitrogen and oxygen atoms in total. The number of carbonyl (C=O) groups is 2. The summed E-state index contributed by atoms with van der Waals surface area (Å²) in [5, 5.41) is 0. The molecule has 1 rings (SSSR count). The van der Waals surface area contributed by atoms with Gasteiger partial charge < -0.3 is 9.47 Å². The molecule has 0 fully saturated rings. The second-order valence-electron chi connectivity index (χ2n) is 4.17. The van der Waals surface area contributed by atoms with Crippen molar-refractivity contribution in [3.63, 3.8) is 0 Å². The van der Waals surface area contributed by atoms with Crippen LogP contribution in [-0.2, 0) is 4.79 Å². The Hall–Kier alpha value is -2.24. The Labute approximate surface area is 112 Å². The van der Waals surface area contributed by atoms with Gasteiger partial charge in [0.25, 0.3) is 5.91 Å². The average molecular weight is 266 g/mol. The highest BCUT2D eigenvalue weighted by molar-refractivity contribution is 5.95. The van der Waals surface area contributed by atoms with Crippen LogP contribution in [0.25, 0.3) is 0 Å². The number of rotatable bonds is 4. The molecule has 0 heterocycles. The summed E-state index contributed by atoms with van der Waals surface area (Å²) in [7, 11) is 1.50. The molecule has 0 aliphatic rings. The standard InChI is InChI=1S/C13H18N2O4/c1-8(2)19-11-6-5-10(7-12(11)18-4)13(17)15-14-9(3)16/h5-8H,1-4H3,(H,14,16)(H,15,17). The van der Waals surface area contributed by atoms with E-state index in [1.54, 1.807) is 18.2 Å². The summed E-state index contributed by atoms with van der Waals surface area (Å²) < 4.78 is 10.7.